The molecule has 3 aromatic carbocycles. The Bertz CT molecular complexity index is 1680. The first-order chi connectivity index (χ1) is 20.9. The third-order valence-corrected chi connectivity index (χ3v) is 11.1. The minimum absolute atomic E-state index is 0. The number of halogens is 1. The van der Waals surface area contributed by atoms with Crippen molar-refractivity contribution in [1.82, 2.24) is 19.5 Å². The SMILES string of the molecule is COc1ccc(OC)c2sc(N3CCN(CCNC(=O)c4ccc(S(=O)(=O)N5CCc6ccccc6C5)cc4)CC3)nc12.Cl. The molecule has 0 radical (unpaired) electrons. The summed E-state index contributed by atoms with van der Waals surface area (Å²) in [6.45, 7) is 5.40. The summed E-state index contributed by atoms with van der Waals surface area (Å²) in [6, 6.07) is 17.9. The fraction of sp³-hybridized carbons (Fsp3) is 0.355. The predicted molar refractivity (Wildman–Crippen MR) is 175 cm³/mol. The van der Waals surface area contributed by atoms with Crippen molar-refractivity contribution in [3.05, 3.63) is 77.4 Å². The second kappa shape index (κ2) is 13.7. The maximum absolute atomic E-state index is 13.2. The molecular formula is C31H36ClN5O5S2. The average molecular weight is 658 g/mol. The van der Waals surface area contributed by atoms with Gasteiger partial charge in [0.05, 0.1) is 19.1 Å². The summed E-state index contributed by atoms with van der Waals surface area (Å²) in [5, 5.41) is 3.92. The van der Waals surface area contributed by atoms with E-state index in [1.165, 1.54) is 22.0 Å². The highest BCUT2D eigenvalue weighted by molar-refractivity contribution is 7.89. The summed E-state index contributed by atoms with van der Waals surface area (Å²) in [7, 11) is -0.337. The minimum Gasteiger partial charge on any atom is -0.495 e. The number of thiazole rings is 1. The summed E-state index contributed by atoms with van der Waals surface area (Å²) < 4.78 is 40.0. The molecule has 44 heavy (non-hydrogen) atoms. The molecule has 1 N–H and O–H groups in total. The summed E-state index contributed by atoms with van der Waals surface area (Å²) in [6.07, 6.45) is 0.692. The maximum atomic E-state index is 13.2. The number of rotatable bonds is 9. The zero-order chi connectivity index (χ0) is 30.0. The lowest BCUT2D eigenvalue weighted by atomic mass is 10.0. The normalized spacial score (nSPS) is 15.8. The molecule has 0 aliphatic carbocycles. The van der Waals surface area contributed by atoms with Crippen LogP contribution in [-0.2, 0) is 23.0 Å². The van der Waals surface area contributed by atoms with E-state index in [0.29, 0.717) is 31.6 Å². The third-order valence-electron chi connectivity index (χ3n) is 8.11. The van der Waals surface area contributed by atoms with E-state index in [2.05, 4.69) is 15.1 Å². The molecular weight excluding hydrogens is 622 g/mol. The third kappa shape index (κ3) is 6.50. The number of hydrogen-bond donors (Lipinski definition) is 1. The summed E-state index contributed by atoms with van der Waals surface area (Å²) in [5.74, 6) is 1.31. The van der Waals surface area contributed by atoms with Gasteiger partial charge in [-0.2, -0.15) is 4.31 Å². The number of benzene rings is 3. The Morgan fingerprint density at radius 2 is 1.59 bits per heavy atom. The van der Waals surface area contributed by atoms with Crippen LogP contribution in [0.4, 0.5) is 5.13 Å². The van der Waals surface area contributed by atoms with E-state index in [1.807, 2.05) is 36.4 Å². The maximum Gasteiger partial charge on any atom is 0.251 e. The largest absolute Gasteiger partial charge is 0.495 e. The van der Waals surface area contributed by atoms with Crippen LogP contribution in [0.15, 0.2) is 65.6 Å². The van der Waals surface area contributed by atoms with Gasteiger partial charge in [0.1, 0.15) is 21.7 Å². The van der Waals surface area contributed by atoms with Crippen molar-refractivity contribution in [1.29, 1.82) is 0 Å². The van der Waals surface area contributed by atoms with Crippen molar-refractivity contribution in [3.63, 3.8) is 0 Å². The average Bonchev–Trinajstić information content (AvgIpc) is 3.50. The smallest absolute Gasteiger partial charge is 0.251 e. The van der Waals surface area contributed by atoms with Crippen molar-refractivity contribution >= 4 is 55.0 Å². The molecule has 0 saturated carbocycles. The van der Waals surface area contributed by atoms with Gasteiger partial charge >= 0.3 is 0 Å². The van der Waals surface area contributed by atoms with Crippen LogP contribution in [0.25, 0.3) is 10.2 Å². The van der Waals surface area contributed by atoms with E-state index in [4.69, 9.17) is 14.5 Å². The van der Waals surface area contributed by atoms with Gasteiger partial charge in [0, 0.05) is 57.9 Å². The molecule has 1 aromatic heterocycles. The van der Waals surface area contributed by atoms with Gasteiger partial charge in [0.15, 0.2) is 5.13 Å². The summed E-state index contributed by atoms with van der Waals surface area (Å²) in [5.41, 5.74) is 3.48. The second-order valence-corrected chi connectivity index (χ2v) is 13.5. The minimum atomic E-state index is -3.64. The highest BCUT2D eigenvalue weighted by atomic mass is 35.5. The van der Waals surface area contributed by atoms with Crippen molar-refractivity contribution in [3.8, 4) is 11.5 Å². The van der Waals surface area contributed by atoms with Crippen molar-refractivity contribution in [2.45, 2.75) is 17.9 Å². The van der Waals surface area contributed by atoms with Crippen molar-refractivity contribution in [2.75, 3.05) is 64.9 Å². The fourth-order valence-electron chi connectivity index (χ4n) is 5.60. The van der Waals surface area contributed by atoms with Crippen LogP contribution in [0, 0.1) is 0 Å². The Hall–Kier alpha value is -3.42. The van der Waals surface area contributed by atoms with Gasteiger partial charge in [0.2, 0.25) is 10.0 Å². The van der Waals surface area contributed by atoms with Crippen LogP contribution < -0.4 is 19.7 Å². The molecule has 0 bridgehead atoms. The van der Waals surface area contributed by atoms with Gasteiger partial charge in [-0.3, -0.25) is 9.69 Å². The van der Waals surface area contributed by atoms with Crippen molar-refractivity contribution in [2.24, 2.45) is 0 Å². The van der Waals surface area contributed by atoms with Crippen LogP contribution in [0.5, 0.6) is 11.5 Å². The van der Waals surface area contributed by atoms with E-state index in [0.717, 1.165) is 65.1 Å². The Labute approximate surface area is 268 Å². The number of hydrogen-bond acceptors (Lipinski definition) is 9. The predicted octanol–water partition coefficient (Wildman–Crippen LogP) is 4.03. The first-order valence-corrected chi connectivity index (χ1v) is 16.6. The van der Waals surface area contributed by atoms with Crippen LogP contribution in [0.1, 0.15) is 21.5 Å². The van der Waals surface area contributed by atoms with E-state index < -0.39 is 10.0 Å². The number of amides is 1. The van der Waals surface area contributed by atoms with Gasteiger partial charge in [0.25, 0.3) is 5.91 Å². The zero-order valence-corrected chi connectivity index (χ0v) is 27.1. The van der Waals surface area contributed by atoms with Gasteiger partial charge in [-0.05, 0) is 53.9 Å². The zero-order valence-electron chi connectivity index (χ0n) is 24.7. The van der Waals surface area contributed by atoms with Crippen LogP contribution in [0.2, 0.25) is 0 Å². The topological polar surface area (TPSA) is 104 Å². The number of nitrogens with one attached hydrogen (secondary N) is 1. The molecule has 1 fully saturated rings. The van der Waals surface area contributed by atoms with Crippen LogP contribution in [-0.4, -0.2) is 88.5 Å². The molecule has 234 valence electrons. The monoisotopic (exact) mass is 657 g/mol. The summed E-state index contributed by atoms with van der Waals surface area (Å²) in [4.78, 5) is 22.4. The van der Waals surface area contributed by atoms with Gasteiger partial charge in [-0.1, -0.05) is 35.6 Å². The highest BCUT2D eigenvalue weighted by Crippen LogP contribution is 2.40. The number of methoxy groups -OCH3 is 2. The van der Waals surface area contributed by atoms with E-state index in [9.17, 15) is 13.2 Å². The molecule has 6 rings (SSSR count). The van der Waals surface area contributed by atoms with Gasteiger partial charge in [-0.25, -0.2) is 13.4 Å². The fourth-order valence-corrected chi connectivity index (χ4v) is 8.15. The molecule has 2 aliphatic heterocycles. The molecule has 13 heteroatoms. The first-order valence-electron chi connectivity index (χ1n) is 14.3. The number of nitrogens with zero attached hydrogens (tertiary/aromatic N) is 4. The lowest BCUT2D eigenvalue weighted by Gasteiger charge is -2.34. The molecule has 4 aromatic rings. The van der Waals surface area contributed by atoms with Crippen LogP contribution >= 0.6 is 23.7 Å². The molecule has 2 aliphatic rings. The van der Waals surface area contributed by atoms with E-state index in [-0.39, 0.29) is 23.2 Å². The number of fused-ring (bicyclic) bond motifs is 2. The van der Waals surface area contributed by atoms with E-state index in [1.54, 1.807) is 37.7 Å². The molecule has 0 unspecified atom stereocenters. The number of carbonyl (C=O) groups excluding carboxylic acids is 1. The Morgan fingerprint density at radius 1 is 0.909 bits per heavy atom. The number of aromatic nitrogens is 1. The quantitative estimate of drug-likeness (QED) is 0.288. The van der Waals surface area contributed by atoms with Gasteiger partial charge < -0.3 is 19.7 Å². The lowest BCUT2D eigenvalue weighted by Crippen LogP contribution is -2.48. The summed E-state index contributed by atoms with van der Waals surface area (Å²) >= 11 is 1.61. The molecule has 0 spiro atoms. The van der Waals surface area contributed by atoms with Crippen LogP contribution in [0.3, 0.4) is 0 Å². The highest BCUT2D eigenvalue weighted by Gasteiger charge is 2.28. The molecule has 1 amide bonds. The molecule has 10 nitrogen and oxygen atoms in total. The Kier molecular flexibility index (Phi) is 9.96. The van der Waals surface area contributed by atoms with Crippen molar-refractivity contribution < 1.29 is 22.7 Å². The lowest BCUT2D eigenvalue weighted by molar-refractivity contribution is 0.0947. The number of piperazine rings is 1. The second-order valence-electron chi connectivity index (χ2n) is 10.6. The number of ether oxygens (including phenoxy) is 2. The number of anilines is 1. The molecule has 3 heterocycles. The number of sulfonamides is 1. The number of carbonyl (C=O) groups is 1. The Morgan fingerprint density at radius 3 is 2.30 bits per heavy atom. The van der Waals surface area contributed by atoms with Gasteiger partial charge in [-0.15, -0.1) is 12.4 Å². The standard InChI is InChI=1S/C31H35N5O5S2.ClH/c1-40-26-11-12-27(41-2)29-28(26)33-31(42-29)35-19-17-34(18-20-35)16-14-32-30(37)23-7-9-25(10-8-23)43(38,39)36-15-13-22-5-3-4-6-24(22)21-36;/h3-12H,13-21H2,1-2H3,(H,32,37);1H. The first kappa shape index (κ1) is 32.0. The Balaban J connectivity index is 0.00000384. The van der Waals surface area contributed by atoms with E-state index >= 15 is 0 Å². The molecule has 0 atom stereocenters. The molecule has 1 saturated heterocycles.